The molecule has 0 aliphatic carbocycles. The van der Waals surface area contributed by atoms with Crippen molar-refractivity contribution in [2.45, 2.75) is 59.6 Å². The summed E-state index contributed by atoms with van der Waals surface area (Å²) in [6, 6.07) is 23.4. The number of aliphatic carboxylic acids is 1. The number of rotatable bonds is 12. The Balaban J connectivity index is 1.63. The Morgan fingerprint density at radius 1 is 0.878 bits per heavy atom. The molecule has 1 amide bonds. The molecule has 4 aromatic rings. The smallest absolute Gasteiger partial charge is 0.303 e. The van der Waals surface area contributed by atoms with E-state index in [0.29, 0.717) is 29.4 Å². The van der Waals surface area contributed by atoms with Crippen LogP contribution in [0.25, 0.3) is 10.8 Å². The van der Waals surface area contributed by atoms with Crippen LogP contribution < -0.4 is 14.8 Å². The van der Waals surface area contributed by atoms with Crippen LogP contribution in [0.2, 0.25) is 0 Å². The molecular weight excluding hydrogens is 514 g/mol. The topological polar surface area (TPSA) is 84.9 Å². The summed E-state index contributed by atoms with van der Waals surface area (Å²) in [5.74, 6) is 0.555. The van der Waals surface area contributed by atoms with E-state index in [1.165, 1.54) is 0 Å². The third kappa shape index (κ3) is 7.66. The fraction of sp³-hybridized carbons (Fsp3) is 0.314. The number of hydrogen-bond donors (Lipinski definition) is 2. The van der Waals surface area contributed by atoms with Gasteiger partial charge in [-0.3, -0.25) is 9.59 Å². The maximum absolute atomic E-state index is 13.8. The average Bonchev–Trinajstić information content (AvgIpc) is 2.93. The van der Waals surface area contributed by atoms with Gasteiger partial charge in [-0.05, 0) is 72.9 Å². The van der Waals surface area contributed by atoms with Gasteiger partial charge in [0.2, 0.25) is 0 Å². The molecule has 41 heavy (non-hydrogen) atoms. The van der Waals surface area contributed by atoms with E-state index in [2.05, 4.69) is 51.2 Å². The van der Waals surface area contributed by atoms with E-state index in [0.717, 1.165) is 45.2 Å². The number of fused-ring (bicyclic) bond motifs is 1. The highest BCUT2D eigenvalue weighted by atomic mass is 16.5. The minimum Gasteiger partial charge on any atom is -0.496 e. The van der Waals surface area contributed by atoms with E-state index < -0.39 is 5.97 Å². The molecule has 214 valence electrons. The summed E-state index contributed by atoms with van der Waals surface area (Å²) in [5.41, 5.74) is 5.46. The predicted molar refractivity (Wildman–Crippen MR) is 163 cm³/mol. The lowest BCUT2D eigenvalue weighted by Crippen LogP contribution is -2.30. The minimum atomic E-state index is -0.906. The first-order chi connectivity index (χ1) is 19.6. The predicted octanol–water partition coefficient (Wildman–Crippen LogP) is 7.58. The van der Waals surface area contributed by atoms with Crippen LogP contribution >= 0.6 is 0 Å². The Kier molecular flexibility index (Phi) is 9.66. The van der Waals surface area contributed by atoms with Gasteiger partial charge in [-0.1, -0.05) is 79.6 Å². The molecule has 0 spiro atoms. The van der Waals surface area contributed by atoms with Crippen LogP contribution in [0.4, 0.5) is 0 Å². The van der Waals surface area contributed by atoms with Gasteiger partial charge < -0.3 is 19.9 Å². The monoisotopic (exact) mass is 553 g/mol. The molecule has 1 atom stereocenters. The van der Waals surface area contributed by atoms with Gasteiger partial charge in [-0.15, -0.1) is 0 Å². The second-order valence-electron chi connectivity index (χ2n) is 11.1. The SMILES string of the molecule is COc1ccc(COc2ccc(CCC(=O)O)c(C(=O)NC(CC(C)C)c3cc(C)cc(C)c3)c2)c2ccccc12. The first-order valence-corrected chi connectivity index (χ1v) is 14.1. The van der Waals surface area contributed by atoms with Crippen LogP contribution in [0.5, 0.6) is 11.5 Å². The van der Waals surface area contributed by atoms with Crippen molar-refractivity contribution in [3.8, 4) is 11.5 Å². The Morgan fingerprint density at radius 2 is 1.56 bits per heavy atom. The number of hydrogen-bond acceptors (Lipinski definition) is 4. The summed E-state index contributed by atoms with van der Waals surface area (Å²) in [7, 11) is 1.66. The van der Waals surface area contributed by atoms with Crippen molar-refractivity contribution >= 4 is 22.6 Å². The zero-order chi connectivity index (χ0) is 29.5. The molecule has 6 heteroatoms. The lowest BCUT2D eigenvalue weighted by atomic mass is 9.93. The Morgan fingerprint density at radius 3 is 2.22 bits per heavy atom. The van der Waals surface area contributed by atoms with Crippen molar-refractivity contribution in [3.63, 3.8) is 0 Å². The highest BCUT2D eigenvalue weighted by Crippen LogP contribution is 2.30. The van der Waals surface area contributed by atoms with Gasteiger partial charge in [0.25, 0.3) is 5.91 Å². The van der Waals surface area contributed by atoms with Crippen molar-refractivity contribution in [1.82, 2.24) is 5.32 Å². The zero-order valence-corrected chi connectivity index (χ0v) is 24.5. The molecular formula is C35H39NO5. The molecule has 4 rings (SSSR count). The fourth-order valence-corrected chi connectivity index (χ4v) is 5.31. The van der Waals surface area contributed by atoms with Crippen molar-refractivity contribution in [2.75, 3.05) is 7.11 Å². The fourth-order valence-electron chi connectivity index (χ4n) is 5.31. The van der Waals surface area contributed by atoms with Crippen LogP contribution in [0.1, 0.15) is 70.9 Å². The maximum Gasteiger partial charge on any atom is 0.303 e. The van der Waals surface area contributed by atoms with Crippen LogP contribution in [-0.4, -0.2) is 24.1 Å². The molecule has 0 aliphatic rings. The van der Waals surface area contributed by atoms with Crippen LogP contribution in [0, 0.1) is 19.8 Å². The van der Waals surface area contributed by atoms with E-state index in [1.54, 1.807) is 25.3 Å². The third-order valence-corrected chi connectivity index (χ3v) is 7.18. The second kappa shape index (κ2) is 13.4. The molecule has 0 bridgehead atoms. The number of carboxylic acid groups (broad SMARTS) is 1. The first kappa shape index (κ1) is 29.7. The van der Waals surface area contributed by atoms with E-state index in [4.69, 9.17) is 9.47 Å². The van der Waals surface area contributed by atoms with Crippen molar-refractivity contribution in [2.24, 2.45) is 5.92 Å². The molecule has 0 aromatic heterocycles. The largest absolute Gasteiger partial charge is 0.496 e. The number of ether oxygens (including phenoxy) is 2. The molecule has 6 nitrogen and oxygen atoms in total. The van der Waals surface area contributed by atoms with Crippen LogP contribution in [0.15, 0.2) is 72.8 Å². The molecule has 1 unspecified atom stereocenters. The second-order valence-corrected chi connectivity index (χ2v) is 11.1. The molecule has 0 aliphatic heterocycles. The number of carboxylic acids is 1. The Labute approximate surface area is 242 Å². The number of carbonyl (C=O) groups is 2. The van der Waals surface area contributed by atoms with E-state index in [9.17, 15) is 14.7 Å². The van der Waals surface area contributed by atoms with Gasteiger partial charge in [0, 0.05) is 17.4 Å². The molecule has 4 aromatic carbocycles. The molecule has 2 N–H and O–H groups in total. The highest BCUT2D eigenvalue weighted by Gasteiger charge is 2.21. The van der Waals surface area contributed by atoms with Crippen LogP contribution in [0.3, 0.4) is 0 Å². The van der Waals surface area contributed by atoms with Gasteiger partial charge in [0.05, 0.1) is 13.2 Å². The Bertz CT molecular complexity index is 1520. The molecule has 0 saturated heterocycles. The number of aryl methyl sites for hydroxylation is 3. The number of methoxy groups -OCH3 is 1. The zero-order valence-electron chi connectivity index (χ0n) is 24.5. The summed E-state index contributed by atoms with van der Waals surface area (Å²) < 4.78 is 11.7. The Hall–Kier alpha value is -4.32. The molecule has 0 radical (unpaired) electrons. The van der Waals surface area contributed by atoms with Crippen molar-refractivity contribution in [1.29, 1.82) is 0 Å². The normalized spacial score (nSPS) is 11.9. The lowest BCUT2D eigenvalue weighted by Gasteiger charge is -2.23. The number of benzene rings is 4. The molecule has 0 fully saturated rings. The minimum absolute atomic E-state index is 0.0647. The summed E-state index contributed by atoms with van der Waals surface area (Å²) in [5, 5.41) is 14.6. The summed E-state index contributed by atoms with van der Waals surface area (Å²) in [4.78, 5) is 25.1. The van der Waals surface area contributed by atoms with E-state index in [-0.39, 0.29) is 24.8 Å². The summed E-state index contributed by atoms with van der Waals surface area (Å²) in [6.07, 6.45) is 0.963. The first-order valence-electron chi connectivity index (χ1n) is 14.1. The summed E-state index contributed by atoms with van der Waals surface area (Å²) >= 11 is 0. The van der Waals surface area contributed by atoms with Gasteiger partial charge in [0.1, 0.15) is 18.1 Å². The number of nitrogens with one attached hydrogen (secondary N) is 1. The third-order valence-electron chi connectivity index (χ3n) is 7.18. The maximum atomic E-state index is 13.8. The summed E-state index contributed by atoms with van der Waals surface area (Å²) in [6.45, 7) is 8.69. The number of amides is 1. The number of carbonyl (C=O) groups excluding carboxylic acids is 1. The van der Waals surface area contributed by atoms with Gasteiger partial charge in [-0.25, -0.2) is 0 Å². The van der Waals surface area contributed by atoms with Crippen molar-refractivity contribution < 1.29 is 24.2 Å². The van der Waals surface area contributed by atoms with Gasteiger partial charge in [0.15, 0.2) is 0 Å². The lowest BCUT2D eigenvalue weighted by molar-refractivity contribution is -0.136. The van der Waals surface area contributed by atoms with Crippen molar-refractivity contribution in [3.05, 3.63) is 106 Å². The van der Waals surface area contributed by atoms with E-state index in [1.807, 2.05) is 36.4 Å². The molecule has 0 heterocycles. The average molecular weight is 554 g/mol. The van der Waals surface area contributed by atoms with Crippen LogP contribution in [-0.2, 0) is 17.8 Å². The van der Waals surface area contributed by atoms with Gasteiger partial charge >= 0.3 is 5.97 Å². The van der Waals surface area contributed by atoms with E-state index >= 15 is 0 Å². The standard InChI is InChI=1S/C35H39NO5/c1-22(2)16-32(27-18-23(3)17-24(4)19-27)36-35(39)31-20-28(13-10-25(31)12-15-34(37)38)41-21-26-11-14-33(40-5)30-9-7-6-8-29(26)30/h6-11,13-14,17-20,22,32H,12,15-16,21H2,1-5H3,(H,36,39)(H,37,38). The molecule has 0 saturated carbocycles. The quantitative estimate of drug-likeness (QED) is 0.189. The van der Waals surface area contributed by atoms with Gasteiger partial charge in [-0.2, -0.15) is 0 Å². The highest BCUT2D eigenvalue weighted by molar-refractivity contribution is 5.96.